The van der Waals surface area contributed by atoms with E-state index in [9.17, 15) is 4.79 Å². The molecule has 146 valence electrons. The molecule has 6 nitrogen and oxygen atoms in total. The number of methoxy groups -OCH3 is 1. The summed E-state index contributed by atoms with van der Waals surface area (Å²) in [7, 11) is 1.63. The van der Waals surface area contributed by atoms with E-state index in [1.54, 1.807) is 17.8 Å². The highest BCUT2D eigenvalue weighted by Crippen LogP contribution is 2.29. The first kappa shape index (κ1) is 18.6. The molecule has 1 atom stereocenters. The summed E-state index contributed by atoms with van der Waals surface area (Å²) in [6, 6.07) is 22.8. The van der Waals surface area contributed by atoms with Crippen LogP contribution in [0.25, 0.3) is 5.52 Å². The zero-order valence-corrected chi connectivity index (χ0v) is 16.1. The Balaban J connectivity index is 1.53. The number of nitrogens with one attached hydrogen (secondary N) is 2. The number of carbonyl (C=O) groups is 1. The highest BCUT2D eigenvalue weighted by atomic mass is 16.5. The van der Waals surface area contributed by atoms with Crippen molar-refractivity contribution >= 4 is 11.5 Å². The number of aromatic nitrogens is 2. The largest absolute Gasteiger partial charge is 0.496 e. The van der Waals surface area contributed by atoms with E-state index in [1.165, 1.54) is 0 Å². The molecule has 0 saturated carbocycles. The molecule has 0 radical (unpaired) electrons. The van der Waals surface area contributed by atoms with Gasteiger partial charge >= 0.3 is 6.03 Å². The first-order valence-electron chi connectivity index (χ1n) is 9.40. The van der Waals surface area contributed by atoms with Crippen LogP contribution in [-0.4, -0.2) is 22.8 Å². The summed E-state index contributed by atoms with van der Waals surface area (Å²) < 4.78 is 7.30. The van der Waals surface area contributed by atoms with Crippen LogP contribution in [0.5, 0.6) is 5.75 Å². The van der Waals surface area contributed by atoms with Crippen molar-refractivity contribution in [1.82, 2.24) is 20.2 Å². The van der Waals surface area contributed by atoms with Gasteiger partial charge in [-0.25, -0.2) is 9.31 Å². The van der Waals surface area contributed by atoms with E-state index in [4.69, 9.17) is 4.74 Å². The molecule has 2 amide bonds. The van der Waals surface area contributed by atoms with Crippen molar-refractivity contribution in [1.29, 1.82) is 0 Å². The van der Waals surface area contributed by atoms with Gasteiger partial charge in [0.1, 0.15) is 5.75 Å². The van der Waals surface area contributed by atoms with Crippen molar-refractivity contribution in [3.63, 3.8) is 0 Å². The lowest BCUT2D eigenvalue weighted by molar-refractivity contribution is 0.238. The van der Waals surface area contributed by atoms with E-state index >= 15 is 0 Å². The molecule has 0 aliphatic carbocycles. The van der Waals surface area contributed by atoms with Crippen LogP contribution >= 0.6 is 0 Å². The van der Waals surface area contributed by atoms with Gasteiger partial charge in [0.15, 0.2) is 0 Å². The third-order valence-corrected chi connectivity index (χ3v) is 4.80. The fourth-order valence-corrected chi connectivity index (χ4v) is 3.37. The molecule has 4 aromatic rings. The Morgan fingerprint density at radius 1 is 1.03 bits per heavy atom. The monoisotopic (exact) mass is 386 g/mol. The number of rotatable bonds is 6. The summed E-state index contributed by atoms with van der Waals surface area (Å²) in [5.41, 5.74) is 3.79. The second kappa shape index (κ2) is 8.48. The standard InChI is InChI=1S/C23H22N4O2/c1-29-21-13-6-5-11-19(21)22(17-9-3-2-4-10-17)26-23(28)24-15-18-16-25-27-14-8-7-12-20(18)27/h2-14,16,22H,15H2,1H3,(H2,24,26,28). The van der Waals surface area contributed by atoms with Crippen molar-refractivity contribution in [2.45, 2.75) is 12.6 Å². The Hall–Kier alpha value is -3.80. The number of para-hydroxylation sites is 1. The van der Waals surface area contributed by atoms with Crippen LogP contribution in [0.15, 0.2) is 85.2 Å². The molecule has 29 heavy (non-hydrogen) atoms. The summed E-state index contributed by atoms with van der Waals surface area (Å²) in [6.45, 7) is 0.382. The number of amides is 2. The summed E-state index contributed by atoms with van der Waals surface area (Å²) in [4.78, 5) is 12.7. The van der Waals surface area contributed by atoms with Crippen LogP contribution in [0.1, 0.15) is 22.7 Å². The highest BCUT2D eigenvalue weighted by Gasteiger charge is 2.20. The normalized spacial score (nSPS) is 11.8. The third-order valence-electron chi connectivity index (χ3n) is 4.80. The smallest absolute Gasteiger partial charge is 0.315 e. The molecule has 0 bridgehead atoms. The molecule has 2 aromatic carbocycles. The molecule has 2 N–H and O–H groups in total. The van der Waals surface area contributed by atoms with Gasteiger partial charge in [-0.3, -0.25) is 0 Å². The van der Waals surface area contributed by atoms with Crippen LogP contribution in [0.4, 0.5) is 4.79 Å². The minimum atomic E-state index is -0.337. The molecule has 0 saturated heterocycles. The van der Waals surface area contributed by atoms with E-state index in [2.05, 4.69) is 15.7 Å². The second-order valence-corrected chi connectivity index (χ2v) is 6.61. The first-order chi connectivity index (χ1) is 14.3. The molecule has 0 fully saturated rings. The lowest BCUT2D eigenvalue weighted by Crippen LogP contribution is -2.38. The van der Waals surface area contributed by atoms with Gasteiger partial charge in [0, 0.05) is 23.9 Å². The van der Waals surface area contributed by atoms with Crippen LogP contribution in [-0.2, 0) is 6.54 Å². The van der Waals surface area contributed by atoms with Crippen LogP contribution in [0.2, 0.25) is 0 Å². The molecule has 2 aromatic heterocycles. The number of urea groups is 1. The topological polar surface area (TPSA) is 67.7 Å². The third kappa shape index (κ3) is 4.06. The van der Waals surface area contributed by atoms with E-state index in [1.807, 2.05) is 79.0 Å². The average Bonchev–Trinajstić information content (AvgIpc) is 3.20. The summed E-state index contributed by atoms with van der Waals surface area (Å²) in [5.74, 6) is 0.726. The Morgan fingerprint density at radius 2 is 1.79 bits per heavy atom. The summed E-state index contributed by atoms with van der Waals surface area (Å²) >= 11 is 0. The van der Waals surface area contributed by atoms with Gasteiger partial charge in [-0.2, -0.15) is 5.10 Å². The van der Waals surface area contributed by atoms with Crippen LogP contribution < -0.4 is 15.4 Å². The number of hydrogen-bond acceptors (Lipinski definition) is 3. The zero-order chi connectivity index (χ0) is 20.1. The number of nitrogens with zero attached hydrogens (tertiary/aromatic N) is 2. The maximum Gasteiger partial charge on any atom is 0.315 e. The van der Waals surface area contributed by atoms with E-state index in [0.717, 1.165) is 28.0 Å². The van der Waals surface area contributed by atoms with Crippen molar-refractivity contribution in [2.24, 2.45) is 0 Å². The fraction of sp³-hybridized carbons (Fsp3) is 0.130. The van der Waals surface area contributed by atoms with E-state index in [0.29, 0.717) is 6.54 Å². The minimum absolute atomic E-state index is 0.264. The Labute approximate surface area is 169 Å². The van der Waals surface area contributed by atoms with E-state index < -0.39 is 0 Å². The van der Waals surface area contributed by atoms with Gasteiger partial charge in [-0.05, 0) is 23.8 Å². The number of hydrogen-bond donors (Lipinski definition) is 2. The molecule has 2 heterocycles. The number of pyridine rings is 1. The van der Waals surface area contributed by atoms with Crippen molar-refractivity contribution in [2.75, 3.05) is 7.11 Å². The summed E-state index contributed by atoms with van der Waals surface area (Å²) in [5, 5.41) is 10.3. The number of fused-ring (bicyclic) bond motifs is 1. The van der Waals surface area contributed by atoms with Crippen molar-refractivity contribution in [3.05, 3.63) is 102 Å². The first-order valence-corrected chi connectivity index (χ1v) is 9.40. The highest BCUT2D eigenvalue weighted by molar-refractivity contribution is 5.75. The van der Waals surface area contributed by atoms with Crippen LogP contribution in [0.3, 0.4) is 0 Å². The second-order valence-electron chi connectivity index (χ2n) is 6.61. The number of carbonyl (C=O) groups excluding carboxylic acids is 1. The summed E-state index contributed by atoms with van der Waals surface area (Å²) in [6.07, 6.45) is 3.65. The predicted octanol–water partition coefficient (Wildman–Crippen LogP) is 3.93. The number of ether oxygens (including phenoxy) is 1. The Kier molecular flexibility index (Phi) is 5.42. The van der Waals surface area contributed by atoms with Crippen molar-refractivity contribution < 1.29 is 9.53 Å². The van der Waals surface area contributed by atoms with Gasteiger partial charge in [0.05, 0.1) is 24.9 Å². The van der Waals surface area contributed by atoms with Gasteiger partial charge in [-0.1, -0.05) is 54.6 Å². The van der Waals surface area contributed by atoms with Gasteiger partial charge < -0.3 is 15.4 Å². The lowest BCUT2D eigenvalue weighted by atomic mass is 9.98. The minimum Gasteiger partial charge on any atom is -0.496 e. The molecule has 0 aliphatic rings. The van der Waals surface area contributed by atoms with Crippen molar-refractivity contribution in [3.8, 4) is 5.75 Å². The van der Waals surface area contributed by atoms with E-state index in [-0.39, 0.29) is 12.1 Å². The SMILES string of the molecule is COc1ccccc1C(NC(=O)NCc1cnn2ccccc12)c1ccccc1. The van der Waals surface area contributed by atoms with Crippen LogP contribution in [0, 0.1) is 0 Å². The Bertz CT molecular complexity index is 1110. The lowest BCUT2D eigenvalue weighted by Gasteiger charge is -2.22. The molecular formula is C23H22N4O2. The predicted molar refractivity (Wildman–Crippen MR) is 112 cm³/mol. The maximum absolute atomic E-state index is 12.7. The van der Waals surface area contributed by atoms with Gasteiger partial charge in [-0.15, -0.1) is 0 Å². The Morgan fingerprint density at radius 3 is 2.62 bits per heavy atom. The molecular weight excluding hydrogens is 364 g/mol. The zero-order valence-electron chi connectivity index (χ0n) is 16.1. The average molecular weight is 386 g/mol. The molecule has 0 spiro atoms. The maximum atomic E-state index is 12.7. The fourth-order valence-electron chi connectivity index (χ4n) is 3.37. The van der Waals surface area contributed by atoms with Gasteiger partial charge in [0.25, 0.3) is 0 Å². The molecule has 4 rings (SSSR count). The molecule has 6 heteroatoms. The molecule has 1 unspecified atom stereocenters. The molecule has 0 aliphatic heterocycles. The quantitative estimate of drug-likeness (QED) is 0.528. The van der Waals surface area contributed by atoms with Gasteiger partial charge in [0.2, 0.25) is 0 Å². The number of benzene rings is 2.